The van der Waals surface area contributed by atoms with Gasteiger partial charge in [-0.3, -0.25) is 9.59 Å². The summed E-state index contributed by atoms with van der Waals surface area (Å²) in [6.45, 7) is 7.85. The molecule has 2 aliphatic heterocycles. The van der Waals surface area contributed by atoms with Crippen LogP contribution < -0.4 is 0 Å². The summed E-state index contributed by atoms with van der Waals surface area (Å²) in [5.74, 6) is -1.06. The Kier molecular flexibility index (Phi) is 5.91. The van der Waals surface area contributed by atoms with Gasteiger partial charge in [-0.1, -0.05) is 20.3 Å². The molecule has 1 saturated heterocycles. The van der Waals surface area contributed by atoms with Crippen molar-refractivity contribution in [2.24, 2.45) is 22.7 Å². The normalized spacial score (nSPS) is 41.3. The predicted octanol–water partition coefficient (Wildman–Crippen LogP) is 2.32. The average Bonchev–Trinajstić information content (AvgIpc) is 3.35. The Balaban J connectivity index is 1.74. The molecule has 0 radical (unpaired) electrons. The van der Waals surface area contributed by atoms with Crippen molar-refractivity contribution in [2.45, 2.75) is 77.6 Å². The Hall–Kier alpha value is -1.93. The van der Waals surface area contributed by atoms with Gasteiger partial charge in [-0.15, -0.1) is 0 Å². The van der Waals surface area contributed by atoms with E-state index in [-0.39, 0.29) is 42.4 Å². The molecule has 0 aromatic carbocycles. The summed E-state index contributed by atoms with van der Waals surface area (Å²) in [7, 11) is 0. The zero-order valence-corrected chi connectivity index (χ0v) is 19.3. The fourth-order valence-corrected chi connectivity index (χ4v) is 6.85. The van der Waals surface area contributed by atoms with Crippen LogP contribution in [-0.2, 0) is 33.3 Å². The first kappa shape index (κ1) is 23.2. The SMILES string of the molecule is CC(=O)OC[C@@]12[C@@H](OC(C)=O)C[C@H](C)[C@](C)(C[C@@H](O)C3=CC(=O)OC3)[C@H]1CCC[C@]21CO1. The van der Waals surface area contributed by atoms with Crippen molar-refractivity contribution in [3.63, 3.8) is 0 Å². The van der Waals surface area contributed by atoms with Gasteiger partial charge in [0.25, 0.3) is 0 Å². The highest BCUT2D eigenvalue weighted by molar-refractivity contribution is 5.85. The molecule has 2 aliphatic carbocycles. The van der Waals surface area contributed by atoms with E-state index in [9.17, 15) is 19.5 Å². The van der Waals surface area contributed by atoms with Crippen LogP contribution in [-0.4, -0.2) is 60.6 Å². The Morgan fingerprint density at radius 2 is 2.03 bits per heavy atom. The number of carbonyl (C=O) groups is 3. The number of aliphatic hydroxyl groups excluding tert-OH is 1. The molecular weight excluding hydrogens is 416 g/mol. The molecule has 2 heterocycles. The molecule has 0 aromatic heterocycles. The topological polar surface area (TPSA) is 112 Å². The van der Waals surface area contributed by atoms with E-state index in [0.717, 1.165) is 19.3 Å². The van der Waals surface area contributed by atoms with Crippen LogP contribution in [0.25, 0.3) is 0 Å². The highest BCUT2D eigenvalue weighted by Gasteiger charge is 2.75. The highest BCUT2D eigenvalue weighted by Crippen LogP contribution is 2.69. The van der Waals surface area contributed by atoms with Crippen molar-refractivity contribution in [1.29, 1.82) is 0 Å². The van der Waals surface area contributed by atoms with Crippen molar-refractivity contribution in [1.82, 2.24) is 0 Å². The molecule has 4 aliphatic rings. The van der Waals surface area contributed by atoms with Gasteiger partial charge in [0.15, 0.2) is 0 Å². The quantitative estimate of drug-likeness (QED) is 0.373. The number of fused-ring (bicyclic) bond motifs is 2. The molecule has 178 valence electrons. The van der Waals surface area contributed by atoms with Crippen LogP contribution in [0.3, 0.4) is 0 Å². The Morgan fingerprint density at radius 1 is 1.31 bits per heavy atom. The van der Waals surface area contributed by atoms with E-state index < -0.39 is 29.2 Å². The molecule has 2 saturated carbocycles. The van der Waals surface area contributed by atoms with Gasteiger partial charge >= 0.3 is 17.9 Å². The maximum Gasteiger partial charge on any atom is 0.331 e. The summed E-state index contributed by atoms with van der Waals surface area (Å²) in [6.07, 6.45) is 3.76. The van der Waals surface area contributed by atoms with E-state index in [1.165, 1.54) is 19.9 Å². The summed E-state index contributed by atoms with van der Waals surface area (Å²) in [4.78, 5) is 35.5. The molecule has 8 heteroatoms. The van der Waals surface area contributed by atoms with Gasteiger partial charge in [0.1, 0.15) is 24.9 Å². The Bertz CT molecular complexity index is 830. The van der Waals surface area contributed by atoms with E-state index in [1.807, 2.05) is 0 Å². The van der Waals surface area contributed by atoms with E-state index in [0.29, 0.717) is 25.0 Å². The van der Waals surface area contributed by atoms with Crippen LogP contribution in [0.5, 0.6) is 0 Å². The molecule has 0 bridgehead atoms. The zero-order valence-electron chi connectivity index (χ0n) is 19.3. The first-order chi connectivity index (χ1) is 15.0. The molecule has 7 atom stereocenters. The predicted molar refractivity (Wildman–Crippen MR) is 112 cm³/mol. The summed E-state index contributed by atoms with van der Waals surface area (Å²) in [5.41, 5.74) is -0.949. The maximum atomic E-state index is 12.1. The number of esters is 3. The minimum absolute atomic E-state index is 0.00743. The van der Waals surface area contributed by atoms with Gasteiger partial charge in [-0.2, -0.15) is 0 Å². The molecule has 3 fully saturated rings. The molecule has 32 heavy (non-hydrogen) atoms. The monoisotopic (exact) mass is 450 g/mol. The molecule has 0 aromatic rings. The minimum atomic E-state index is -0.816. The van der Waals surface area contributed by atoms with E-state index in [4.69, 9.17) is 18.9 Å². The molecule has 0 amide bonds. The lowest BCUT2D eigenvalue weighted by atomic mass is 9.42. The van der Waals surface area contributed by atoms with Gasteiger partial charge in [0.05, 0.1) is 18.1 Å². The van der Waals surface area contributed by atoms with Crippen molar-refractivity contribution in [3.05, 3.63) is 11.6 Å². The van der Waals surface area contributed by atoms with Gasteiger partial charge < -0.3 is 24.1 Å². The van der Waals surface area contributed by atoms with E-state index in [1.54, 1.807) is 0 Å². The Morgan fingerprint density at radius 3 is 2.59 bits per heavy atom. The van der Waals surface area contributed by atoms with Crippen LogP contribution in [0, 0.1) is 22.7 Å². The van der Waals surface area contributed by atoms with Crippen molar-refractivity contribution in [2.75, 3.05) is 19.8 Å². The third kappa shape index (κ3) is 3.65. The zero-order chi connectivity index (χ0) is 23.3. The summed E-state index contributed by atoms with van der Waals surface area (Å²) in [6, 6.07) is 0. The van der Waals surface area contributed by atoms with E-state index in [2.05, 4.69) is 13.8 Å². The molecule has 0 unspecified atom stereocenters. The lowest BCUT2D eigenvalue weighted by Crippen LogP contribution is -2.67. The van der Waals surface area contributed by atoms with Gasteiger partial charge in [-0.25, -0.2) is 4.79 Å². The maximum absolute atomic E-state index is 12.1. The van der Waals surface area contributed by atoms with Crippen molar-refractivity contribution in [3.8, 4) is 0 Å². The molecule has 8 nitrogen and oxygen atoms in total. The van der Waals surface area contributed by atoms with Gasteiger partial charge in [-0.05, 0) is 42.9 Å². The van der Waals surface area contributed by atoms with Gasteiger partial charge in [0.2, 0.25) is 0 Å². The number of aliphatic hydroxyl groups is 1. The van der Waals surface area contributed by atoms with Crippen LogP contribution >= 0.6 is 0 Å². The largest absolute Gasteiger partial charge is 0.465 e. The fourth-order valence-electron chi connectivity index (χ4n) is 6.85. The van der Waals surface area contributed by atoms with Crippen LogP contribution in [0.2, 0.25) is 0 Å². The first-order valence-electron chi connectivity index (χ1n) is 11.5. The second-order valence-corrected chi connectivity index (χ2v) is 10.3. The summed E-state index contributed by atoms with van der Waals surface area (Å²) in [5, 5.41) is 11.0. The van der Waals surface area contributed by atoms with E-state index >= 15 is 0 Å². The third-order valence-electron chi connectivity index (χ3n) is 8.67. The fraction of sp³-hybridized carbons (Fsp3) is 0.792. The van der Waals surface area contributed by atoms with Gasteiger partial charge in [0, 0.05) is 25.5 Å². The standard InChI is InChI=1S/C24H34O8/c1-14-8-20(32-16(3)26)24(13-30-15(2)25)19(6-5-7-23(24)12-31-23)22(14,4)10-18(27)17-9-21(28)29-11-17/h9,14,18-20,27H,5-8,10-13H2,1-4H3/t14-,18+,19+,20-,22-,23-,24-/m0/s1. The number of carbonyl (C=O) groups excluding carboxylic acids is 3. The Labute approximate surface area is 188 Å². The summed E-state index contributed by atoms with van der Waals surface area (Å²) >= 11 is 0. The second kappa shape index (κ2) is 8.13. The van der Waals surface area contributed by atoms with Crippen LogP contribution in [0.1, 0.15) is 59.8 Å². The smallest absolute Gasteiger partial charge is 0.331 e. The number of ether oxygens (including phenoxy) is 4. The minimum Gasteiger partial charge on any atom is -0.465 e. The van der Waals surface area contributed by atoms with Crippen molar-refractivity contribution >= 4 is 17.9 Å². The average molecular weight is 451 g/mol. The number of hydrogen-bond acceptors (Lipinski definition) is 8. The molecular formula is C24H34O8. The molecule has 4 rings (SSSR count). The number of cyclic esters (lactones) is 1. The van der Waals surface area contributed by atoms with Crippen LogP contribution in [0.4, 0.5) is 0 Å². The lowest BCUT2D eigenvalue weighted by Gasteiger charge is -2.63. The lowest BCUT2D eigenvalue weighted by molar-refractivity contribution is -0.231. The number of epoxide rings is 1. The number of hydrogen-bond donors (Lipinski definition) is 1. The second-order valence-electron chi connectivity index (χ2n) is 10.3. The third-order valence-corrected chi connectivity index (χ3v) is 8.67. The highest BCUT2D eigenvalue weighted by atomic mass is 16.6. The molecule has 1 N–H and O–H groups in total. The first-order valence-corrected chi connectivity index (χ1v) is 11.5. The molecule has 1 spiro atoms. The van der Waals surface area contributed by atoms with Crippen LogP contribution in [0.15, 0.2) is 11.6 Å². The summed E-state index contributed by atoms with van der Waals surface area (Å²) < 4.78 is 22.6. The van der Waals surface area contributed by atoms with Crippen molar-refractivity contribution < 1.29 is 38.4 Å². The number of rotatable bonds is 6.